The van der Waals surface area contributed by atoms with Crippen LogP contribution >= 0.6 is 39.0 Å². The Bertz CT molecular complexity index is 1220. The number of aryl methyl sites for hydroxylation is 1. The minimum Gasteiger partial charge on any atom is -0.312 e. The number of thioether (sulfide) groups is 1. The van der Waals surface area contributed by atoms with Gasteiger partial charge in [-0.2, -0.15) is 0 Å². The van der Waals surface area contributed by atoms with Crippen molar-refractivity contribution in [1.29, 1.82) is 0 Å². The molecule has 4 aromatic rings. The van der Waals surface area contributed by atoms with Crippen molar-refractivity contribution < 1.29 is 0 Å². The van der Waals surface area contributed by atoms with Gasteiger partial charge in [0.2, 0.25) is 0 Å². The minimum absolute atomic E-state index is 0.271. The standard InChI is InChI=1S/C17H16BrN5O2S2/c1-9(8-26-17-19-10-5-3-4-6-11(10)27-17)7-23-12-13(20-15(23)18)22(2)16(25)21-14(12)24/h3-6,9H,7-8H2,1-2H3,(H,21,24,25)/t9-/m0/s1. The molecule has 0 amide bonds. The summed E-state index contributed by atoms with van der Waals surface area (Å²) in [6, 6.07) is 8.10. The van der Waals surface area contributed by atoms with Crippen molar-refractivity contribution in [2.24, 2.45) is 13.0 Å². The summed E-state index contributed by atoms with van der Waals surface area (Å²) in [7, 11) is 1.59. The highest BCUT2D eigenvalue weighted by Crippen LogP contribution is 2.31. The number of rotatable bonds is 5. The fourth-order valence-corrected chi connectivity index (χ4v) is 5.46. The Hall–Kier alpha value is -1.91. The molecule has 0 aliphatic carbocycles. The van der Waals surface area contributed by atoms with Crippen LogP contribution in [-0.4, -0.2) is 29.8 Å². The third-order valence-electron chi connectivity index (χ3n) is 4.22. The predicted octanol–water partition coefficient (Wildman–Crippen LogP) is 3.22. The van der Waals surface area contributed by atoms with Crippen molar-refractivity contribution in [3.8, 4) is 0 Å². The van der Waals surface area contributed by atoms with Gasteiger partial charge in [-0.05, 0) is 34.0 Å². The minimum atomic E-state index is -0.468. The largest absolute Gasteiger partial charge is 0.329 e. The maximum absolute atomic E-state index is 12.3. The van der Waals surface area contributed by atoms with Crippen LogP contribution in [0.4, 0.5) is 0 Å². The lowest BCUT2D eigenvalue weighted by Gasteiger charge is -2.12. The van der Waals surface area contributed by atoms with E-state index in [0.29, 0.717) is 22.4 Å². The highest BCUT2D eigenvalue weighted by molar-refractivity contribution is 9.10. The van der Waals surface area contributed by atoms with Crippen molar-refractivity contribution in [2.45, 2.75) is 17.8 Å². The Morgan fingerprint density at radius 3 is 2.85 bits per heavy atom. The van der Waals surface area contributed by atoms with E-state index in [1.807, 2.05) is 22.8 Å². The number of aromatic nitrogens is 5. The van der Waals surface area contributed by atoms with E-state index in [1.165, 1.54) is 9.27 Å². The van der Waals surface area contributed by atoms with E-state index in [9.17, 15) is 9.59 Å². The topological polar surface area (TPSA) is 85.6 Å². The fourth-order valence-electron chi connectivity index (χ4n) is 2.87. The van der Waals surface area contributed by atoms with Crippen LogP contribution in [0.15, 0.2) is 42.9 Å². The number of H-pyrrole nitrogens is 1. The van der Waals surface area contributed by atoms with E-state index in [4.69, 9.17) is 0 Å². The second-order valence-electron chi connectivity index (χ2n) is 6.35. The molecule has 1 N–H and O–H groups in total. The van der Waals surface area contributed by atoms with Crippen LogP contribution in [0.1, 0.15) is 6.92 Å². The summed E-state index contributed by atoms with van der Waals surface area (Å²) < 4.78 is 5.93. The number of para-hydroxylation sites is 1. The van der Waals surface area contributed by atoms with Crippen molar-refractivity contribution >= 4 is 60.4 Å². The molecule has 0 radical (unpaired) electrons. The van der Waals surface area contributed by atoms with E-state index in [2.05, 4.69) is 43.9 Å². The van der Waals surface area contributed by atoms with Crippen LogP contribution in [0.5, 0.6) is 0 Å². The summed E-state index contributed by atoms with van der Waals surface area (Å²) in [4.78, 5) is 35.4. The van der Waals surface area contributed by atoms with Crippen LogP contribution < -0.4 is 11.2 Å². The summed E-state index contributed by atoms with van der Waals surface area (Å²) in [5, 5.41) is 0. The first-order valence-electron chi connectivity index (χ1n) is 8.27. The summed E-state index contributed by atoms with van der Waals surface area (Å²) in [5.74, 6) is 1.13. The molecule has 1 atom stereocenters. The first-order chi connectivity index (χ1) is 12.9. The second kappa shape index (κ2) is 7.25. The van der Waals surface area contributed by atoms with Gasteiger partial charge in [0, 0.05) is 19.3 Å². The van der Waals surface area contributed by atoms with Crippen molar-refractivity contribution in [3.05, 3.63) is 49.8 Å². The molecule has 0 bridgehead atoms. The first kappa shape index (κ1) is 18.5. The number of halogens is 1. The molecule has 27 heavy (non-hydrogen) atoms. The third kappa shape index (κ3) is 3.48. The molecule has 3 aromatic heterocycles. The van der Waals surface area contributed by atoms with Gasteiger partial charge in [0.15, 0.2) is 20.2 Å². The number of thiazole rings is 1. The number of nitrogens with one attached hydrogen (secondary N) is 1. The quantitative estimate of drug-likeness (QED) is 0.361. The number of benzene rings is 1. The Morgan fingerprint density at radius 2 is 2.07 bits per heavy atom. The molecule has 0 fully saturated rings. The molecule has 4 rings (SSSR count). The SMILES string of the molecule is C[C@H](CSc1nc2ccccc2s1)Cn1c(Br)nc2c1c(=O)[nH]c(=O)n2C. The van der Waals surface area contributed by atoms with Crippen LogP contribution in [0, 0.1) is 5.92 Å². The van der Waals surface area contributed by atoms with Crippen LogP contribution in [0.3, 0.4) is 0 Å². The monoisotopic (exact) mass is 465 g/mol. The van der Waals surface area contributed by atoms with Gasteiger partial charge in [-0.3, -0.25) is 14.3 Å². The summed E-state index contributed by atoms with van der Waals surface area (Å²) >= 11 is 6.82. The number of aromatic amines is 1. The molecule has 1 aromatic carbocycles. The molecule has 0 aliphatic rings. The summed E-state index contributed by atoms with van der Waals surface area (Å²) in [6.07, 6.45) is 0. The average Bonchev–Trinajstić information content (AvgIpc) is 3.19. The maximum atomic E-state index is 12.3. The smallest absolute Gasteiger partial charge is 0.312 e. The van der Waals surface area contributed by atoms with E-state index in [1.54, 1.807) is 30.1 Å². The van der Waals surface area contributed by atoms with E-state index < -0.39 is 11.2 Å². The van der Waals surface area contributed by atoms with Gasteiger partial charge in [-0.1, -0.05) is 30.8 Å². The zero-order valence-corrected chi connectivity index (χ0v) is 17.8. The Kier molecular flexibility index (Phi) is 4.95. The lowest BCUT2D eigenvalue weighted by atomic mass is 10.2. The fraction of sp³-hybridized carbons (Fsp3) is 0.294. The molecule has 7 nitrogen and oxygen atoms in total. The zero-order chi connectivity index (χ0) is 19.1. The average molecular weight is 466 g/mol. The third-order valence-corrected chi connectivity index (χ3v) is 7.33. The van der Waals surface area contributed by atoms with Crippen molar-refractivity contribution in [1.82, 2.24) is 24.1 Å². The maximum Gasteiger partial charge on any atom is 0.329 e. The van der Waals surface area contributed by atoms with E-state index in [-0.39, 0.29) is 5.92 Å². The lowest BCUT2D eigenvalue weighted by Crippen LogP contribution is -2.29. The van der Waals surface area contributed by atoms with Gasteiger partial charge in [-0.15, -0.1) is 11.3 Å². The van der Waals surface area contributed by atoms with Gasteiger partial charge >= 0.3 is 5.69 Å². The molecule has 0 unspecified atom stereocenters. The van der Waals surface area contributed by atoms with Gasteiger partial charge < -0.3 is 4.57 Å². The normalized spacial score (nSPS) is 12.9. The Morgan fingerprint density at radius 1 is 1.30 bits per heavy atom. The number of nitrogens with zero attached hydrogens (tertiary/aromatic N) is 4. The highest BCUT2D eigenvalue weighted by atomic mass is 79.9. The number of hydrogen-bond acceptors (Lipinski definition) is 6. The Labute approximate surface area is 170 Å². The molecular formula is C17H16BrN5O2S2. The van der Waals surface area contributed by atoms with E-state index in [0.717, 1.165) is 15.6 Å². The van der Waals surface area contributed by atoms with Gasteiger partial charge in [0.05, 0.1) is 10.2 Å². The molecule has 3 heterocycles. The first-order valence-corrected chi connectivity index (χ1v) is 10.9. The lowest BCUT2D eigenvalue weighted by molar-refractivity contribution is 0.532. The van der Waals surface area contributed by atoms with Crippen molar-refractivity contribution in [2.75, 3.05) is 5.75 Å². The van der Waals surface area contributed by atoms with Crippen LogP contribution in [0.2, 0.25) is 0 Å². The number of fused-ring (bicyclic) bond motifs is 2. The molecule has 140 valence electrons. The highest BCUT2D eigenvalue weighted by Gasteiger charge is 2.18. The second-order valence-corrected chi connectivity index (χ2v) is 9.35. The molecule has 10 heteroatoms. The molecule has 0 aliphatic heterocycles. The summed E-state index contributed by atoms with van der Waals surface area (Å²) in [5.41, 5.74) is 0.914. The number of hydrogen-bond donors (Lipinski definition) is 1. The molecule has 0 saturated heterocycles. The molecule has 0 saturated carbocycles. The van der Waals surface area contributed by atoms with Gasteiger partial charge in [-0.25, -0.2) is 14.8 Å². The van der Waals surface area contributed by atoms with Crippen molar-refractivity contribution in [3.63, 3.8) is 0 Å². The van der Waals surface area contributed by atoms with Gasteiger partial charge in [0.25, 0.3) is 5.56 Å². The van der Waals surface area contributed by atoms with Crippen LogP contribution in [-0.2, 0) is 13.6 Å². The van der Waals surface area contributed by atoms with Gasteiger partial charge in [0.1, 0.15) is 0 Å². The predicted molar refractivity (Wildman–Crippen MR) is 113 cm³/mol. The molecular weight excluding hydrogens is 450 g/mol. The Balaban J connectivity index is 1.55. The summed E-state index contributed by atoms with van der Waals surface area (Å²) in [6.45, 7) is 2.73. The molecule has 0 spiro atoms. The number of imidazole rings is 1. The van der Waals surface area contributed by atoms with Crippen LogP contribution in [0.25, 0.3) is 21.4 Å². The van der Waals surface area contributed by atoms with E-state index >= 15 is 0 Å². The zero-order valence-electron chi connectivity index (χ0n) is 14.6.